The smallest absolute Gasteiger partial charge is 0.345 e. The van der Waals surface area contributed by atoms with Gasteiger partial charge in [0.2, 0.25) is 5.91 Å². The fourth-order valence-electron chi connectivity index (χ4n) is 3.65. The number of alkyl halides is 3. The van der Waals surface area contributed by atoms with E-state index in [2.05, 4.69) is 15.6 Å². The Balaban J connectivity index is 1.71. The summed E-state index contributed by atoms with van der Waals surface area (Å²) in [6, 6.07) is 16.4. The van der Waals surface area contributed by atoms with Crippen LogP contribution in [-0.4, -0.2) is 59.1 Å². The standard InChI is InChI=1S/C27H28F3N7O3S/c1-3-37-25(40)20(41-26(37)19(14-31)24(39)33-17-27(28,29)30)15-32-21-10-7-11-22(34-21)35-23(38)16-36(2)13-12-18-8-5-4-6-9-18/h4-11,15H,3,12-13,16-17H2,1-2H3,(H,33,39)(H2,32,34,35,38)/b20-15+,26-19-. The third-order valence-electron chi connectivity index (χ3n) is 5.63. The molecule has 2 heterocycles. The normalized spacial score (nSPS) is 12.6. The van der Waals surface area contributed by atoms with Crippen molar-refractivity contribution in [3.63, 3.8) is 0 Å². The molecular formula is C27H28F3N7O3S. The molecule has 0 unspecified atom stereocenters. The lowest BCUT2D eigenvalue weighted by atomic mass is 10.1. The maximum atomic E-state index is 12.8. The highest BCUT2D eigenvalue weighted by Crippen LogP contribution is 2.12. The van der Waals surface area contributed by atoms with Gasteiger partial charge in [-0.1, -0.05) is 36.4 Å². The van der Waals surface area contributed by atoms with Crippen LogP contribution in [0.1, 0.15) is 12.5 Å². The molecule has 0 bridgehead atoms. The number of rotatable bonds is 11. The highest BCUT2D eigenvalue weighted by Gasteiger charge is 2.29. The lowest BCUT2D eigenvalue weighted by Gasteiger charge is -2.16. The maximum Gasteiger partial charge on any atom is 0.405 e. The molecule has 0 aliphatic rings. The van der Waals surface area contributed by atoms with E-state index in [4.69, 9.17) is 0 Å². The molecule has 1 aromatic carbocycles. The first kappa shape index (κ1) is 31.1. The minimum Gasteiger partial charge on any atom is -0.345 e. The maximum absolute atomic E-state index is 12.8. The van der Waals surface area contributed by atoms with Gasteiger partial charge in [0.1, 0.15) is 33.4 Å². The van der Waals surface area contributed by atoms with Gasteiger partial charge in [0, 0.05) is 19.3 Å². The first-order valence-corrected chi connectivity index (χ1v) is 13.3. The van der Waals surface area contributed by atoms with Crippen molar-refractivity contribution in [3.8, 4) is 6.07 Å². The molecule has 0 aliphatic carbocycles. The fourth-order valence-corrected chi connectivity index (χ4v) is 4.74. The number of halogens is 3. The highest BCUT2D eigenvalue weighted by molar-refractivity contribution is 7.07. The van der Waals surface area contributed by atoms with E-state index in [1.807, 2.05) is 42.3 Å². The molecule has 2 aromatic heterocycles. The number of likely N-dealkylation sites (N-methyl/N-ethyl adjacent to an activating group) is 1. The van der Waals surface area contributed by atoms with E-state index in [1.54, 1.807) is 36.5 Å². The van der Waals surface area contributed by atoms with Crippen LogP contribution in [0.2, 0.25) is 0 Å². The van der Waals surface area contributed by atoms with Gasteiger partial charge in [0.25, 0.3) is 11.5 Å². The minimum atomic E-state index is -4.65. The number of hydrogen-bond acceptors (Lipinski definition) is 8. The van der Waals surface area contributed by atoms with Gasteiger partial charge in [0.15, 0.2) is 5.57 Å². The molecule has 10 nitrogen and oxygen atoms in total. The third kappa shape index (κ3) is 9.30. The Kier molecular flexibility index (Phi) is 10.8. The van der Waals surface area contributed by atoms with Crippen molar-refractivity contribution in [1.29, 1.82) is 5.26 Å². The molecule has 0 atom stereocenters. The number of hydrogen-bond donors (Lipinski definition) is 3. The summed E-state index contributed by atoms with van der Waals surface area (Å²) in [4.78, 5) is 43.8. The Labute approximate surface area is 237 Å². The van der Waals surface area contributed by atoms with Crippen molar-refractivity contribution in [2.24, 2.45) is 0 Å². The molecule has 0 saturated heterocycles. The summed E-state index contributed by atoms with van der Waals surface area (Å²) < 4.78 is 38.7. The van der Waals surface area contributed by atoms with Crippen molar-refractivity contribution >= 4 is 46.6 Å². The molecule has 216 valence electrons. The molecule has 0 fully saturated rings. The molecule has 0 aliphatic heterocycles. The first-order valence-electron chi connectivity index (χ1n) is 12.5. The van der Waals surface area contributed by atoms with Crippen molar-refractivity contribution in [1.82, 2.24) is 19.8 Å². The Morgan fingerprint density at radius 3 is 2.51 bits per heavy atom. The number of nitrogens with one attached hydrogen (secondary N) is 3. The van der Waals surface area contributed by atoms with Crippen LogP contribution in [0, 0.1) is 11.3 Å². The summed E-state index contributed by atoms with van der Waals surface area (Å²) in [5.41, 5.74) is 0.0280. The van der Waals surface area contributed by atoms with Crippen LogP contribution in [0.3, 0.4) is 0 Å². The number of anilines is 2. The van der Waals surface area contributed by atoms with Crippen LogP contribution < -0.4 is 30.7 Å². The molecule has 3 N–H and O–H groups in total. The Hall–Kier alpha value is -4.48. The van der Waals surface area contributed by atoms with Gasteiger partial charge in [-0.05, 0) is 38.1 Å². The van der Waals surface area contributed by atoms with Crippen LogP contribution in [0.5, 0.6) is 0 Å². The van der Waals surface area contributed by atoms with E-state index >= 15 is 0 Å². The number of carbonyl (C=O) groups is 2. The second-order valence-electron chi connectivity index (χ2n) is 8.82. The summed E-state index contributed by atoms with van der Waals surface area (Å²) in [6.07, 6.45) is -2.54. The lowest BCUT2D eigenvalue weighted by Crippen LogP contribution is -2.37. The van der Waals surface area contributed by atoms with Gasteiger partial charge in [-0.2, -0.15) is 18.4 Å². The average molecular weight is 588 g/mol. The van der Waals surface area contributed by atoms with Crippen molar-refractivity contribution in [3.05, 3.63) is 73.6 Å². The Morgan fingerprint density at radius 1 is 1.15 bits per heavy atom. The fraction of sp³-hybridized carbons (Fsp3) is 0.296. The predicted molar refractivity (Wildman–Crippen MR) is 150 cm³/mol. The van der Waals surface area contributed by atoms with E-state index in [1.165, 1.54) is 11.8 Å². The van der Waals surface area contributed by atoms with Crippen molar-refractivity contribution in [2.75, 3.05) is 37.3 Å². The van der Waals surface area contributed by atoms with Crippen molar-refractivity contribution < 1.29 is 22.8 Å². The molecule has 14 heteroatoms. The molecule has 0 spiro atoms. The molecule has 0 saturated carbocycles. The molecule has 0 radical (unpaired) electrons. The zero-order chi connectivity index (χ0) is 30.0. The van der Waals surface area contributed by atoms with E-state index in [9.17, 15) is 32.8 Å². The number of nitriles is 1. The summed E-state index contributed by atoms with van der Waals surface area (Å²) in [6.45, 7) is 0.914. The van der Waals surface area contributed by atoms with Gasteiger partial charge >= 0.3 is 6.18 Å². The molecular weight excluding hydrogens is 559 g/mol. The van der Waals surface area contributed by atoms with E-state index < -0.39 is 29.8 Å². The lowest BCUT2D eigenvalue weighted by molar-refractivity contribution is -0.135. The van der Waals surface area contributed by atoms with Gasteiger partial charge < -0.3 is 16.0 Å². The van der Waals surface area contributed by atoms with E-state index in [0.29, 0.717) is 12.4 Å². The molecule has 3 rings (SSSR count). The van der Waals surface area contributed by atoms with E-state index in [-0.39, 0.29) is 34.0 Å². The van der Waals surface area contributed by atoms with Crippen LogP contribution in [0.25, 0.3) is 11.8 Å². The minimum absolute atomic E-state index is 0.0712. The summed E-state index contributed by atoms with van der Waals surface area (Å²) in [7, 11) is 1.84. The summed E-state index contributed by atoms with van der Waals surface area (Å²) in [5, 5.41) is 16.7. The number of thiazole rings is 1. The largest absolute Gasteiger partial charge is 0.405 e. The van der Waals surface area contributed by atoms with Crippen LogP contribution in [-0.2, 0) is 22.6 Å². The highest BCUT2D eigenvalue weighted by atomic mass is 32.1. The van der Waals surface area contributed by atoms with Gasteiger partial charge in [-0.25, -0.2) is 4.98 Å². The molecule has 3 aromatic rings. The zero-order valence-corrected chi connectivity index (χ0v) is 23.1. The molecule has 41 heavy (non-hydrogen) atoms. The monoisotopic (exact) mass is 587 g/mol. The topological polar surface area (TPSA) is 132 Å². The van der Waals surface area contributed by atoms with Crippen LogP contribution in [0.4, 0.5) is 24.8 Å². The first-order chi connectivity index (χ1) is 19.5. The van der Waals surface area contributed by atoms with Gasteiger partial charge in [-0.3, -0.25) is 23.9 Å². The van der Waals surface area contributed by atoms with Crippen LogP contribution >= 0.6 is 11.3 Å². The zero-order valence-electron chi connectivity index (χ0n) is 22.3. The SMILES string of the molecule is CCn1c(=O)/c(=C\Nc2cccc(NC(=O)CN(C)CCc3ccccc3)n2)s/c1=C(/C#N)C(=O)NCC(F)(F)F. The van der Waals surface area contributed by atoms with Gasteiger partial charge in [-0.15, -0.1) is 11.3 Å². The third-order valence-corrected chi connectivity index (χ3v) is 6.76. The van der Waals surface area contributed by atoms with Crippen molar-refractivity contribution in [2.45, 2.75) is 26.1 Å². The summed E-state index contributed by atoms with van der Waals surface area (Å²) in [5.74, 6) is -0.913. The van der Waals surface area contributed by atoms with Crippen LogP contribution in [0.15, 0.2) is 53.3 Å². The number of aromatic nitrogens is 2. The number of benzene rings is 1. The van der Waals surface area contributed by atoms with Gasteiger partial charge in [0.05, 0.1) is 6.54 Å². The quantitative estimate of drug-likeness (QED) is 0.311. The summed E-state index contributed by atoms with van der Waals surface area (Å²) >= 11 is 0.777. The number of pyridine rings is 1. The number of nitrogens with zero attached hydrogens (tertiary/aromatic N) is 4. The molecule has 2 amide bonds. The number of amides is 2. The second kappa shape index (κ2) is 14.2. The Morgan fingerprint density at radius 2 is 1.85 bits per heavy atom. The Bertz CT molecular complexity index is 1590. The average Bonchev–Trinajstić information content (AvgIpc) is 3.24. The van der Waals surface area contributed by atoms with E-state index in [0.717, 1.165) is 22.3 Å². The second-order valence-corrected chi connectivity index (χ2v) is 9.85. The number of carbonyl (C=O) groups excluding carboxylic acids is 2. The predicted octanol–water partition coefficient (Wildman–Crippen LogP) is 1.64.